The highest BCUT2D eigenvalue weighted by Crippen LogP contribution is 2.37. The van der Waals surface area contributed by atoms with Gasteiger partial charge in [0, 0.05) is 30.6 Å². The fourth-order valence-electron chi connectivity index (χ4n) is 5.02. The Hall–Kier alpha value is -4.14. The van der Waals surface area contributed by atoms with Crippen molar-refractivity contribution in [3.05, 3.63) is 78.0 Å². The standard InChI is InChI=1S/C32H37N5O3/c1-32(2,3)21-18-26(33)30(39-4)29(19-21)36-31(38)35-28-13-12-25(23-9-5-6-10-24(23)28)27-11-7-8-22(34-27)20-37-14-16-40-17-15-37/h5-13,18-19H,14-17,20,33H2,1-4H3,(H2,35,36,38). The number of nitrogen functional groups attached to an aromatic ring is 1. The summed E-state index contributed by atoms with van der Waals surface area (Å²) >= 11 is 0. The number of morpholine rings is 1. The summed E-state index contributed by atoms with van der Waals surface area (Å²) in [6.45, 7) is 10.4. The smallest absolute Gasteiger partial charge is 0.323 e. The lowest BCUT2D eigenvalue weighted by Gasteiger charge is -2.26. The van der Waals surface area contributed by atoms with E-state index in [2.05, 4.69) is 54.5 Å². The first-order valence-electron chi connectivity index (χ1n) is 13.6. The van der Waals surface area contributed by atoms with Crippen LogP contribution in [0.5, 0.6) is 5.75 Å². The van der Waals surface area contributed by atoms with Crippen molar-refractivity contribution in [2.24, 2.45) is 0 Å². The molecule has 0 unspecified atom stereocenters. The number of carbonyl (C=O) groups excluding carboxylic acids is 1. The number of nitrogens with two attached hydrogens (primary N) is 1. The van der Waals surface area contributed by atoms with Gasteiger partial charge in [-0.25, -0.2) is 4.79 Å². The first-order valence-corrected chi connectivity index (χ1v) is 13.6. The van der Waals surface area contributed by atoms with Gasteiger partial charge in [0.05, 0.1) is 48.8 Å². The highest BCUT2D eigenvalue weighted by Gasteiger charge is 2.20. The lowest BCUT2D eigenvalue weighted by molar-refractivity contribution is 0.0336. The molecule has 1 saturated heterocycles. The fourth-order valence-corrected chi connectivity index (χ4v) is 5.02. The number of methoxy groups -OCH3 is 1. The molecule has 4 N–H and O–H groups in total. The molecule has 8 heteroatoms. The number of nitrogens with one attached hydrogen (secondary N) is 2. The molecular weight excluding hydrogens is 502 g/mol. The van der Waals surface area contributed by atoms with Crippen LogP contribution in [-0.2, 0) is 16.7 Å². The summed E-state index contributed by atoms with van der Waals surface area (Å²) in [7, 11) is 1.54. The zero-order valence-corrected chi connectivity index (χ0v) is 23.6. The second-order valence-corrected chi connectivity index (χ2v) is 11.1. The van der Waals surface area contributed by atoms with E-state index in [9.17, 15) is 4.79 Å². The monoisotopic (exact) mass is 539 g/mol. The van der Waals surface area contributed by atoms with Crippen molar-refractivity contribution in [1.82, 2.24) is 9.88 Å². The van der Waals surface area contributed by atoms with Gasteiger partial charge in [0.1, 0.15) is 0 Å². The molecule has 2 heterocycles. The summed E-state index contributed by atoms with van der Waals surface area (Å²) in [6.07, 6.45) is 0. The van der Waals surface area contributed by atoms with Gasteiger partial charge in [-0.15, -0.1) is 0 Å². The molecule has 40 heavy (non-hydrogen) atoms. The number of urea groups is 1. The molecule has 0 aliphatic carbocycles. The molecule has 4 aromatic rings. The van der Waals surface area contributed by atoms with Crippen LogP contribution in [0.2, 0.25) is 0 Å². The fraction of sp³-hybridized carbons (Fsp3) is 0.312. The molecule has 1 aliphatic heterocycles. The summed E-state index contributed by atoms with van der Waals surface area (Å²) in [6, 6.07) is 21.5. The molecule has 5 rings (SSSR count). The number of fused-ring (bicyclic) bond motifs is 1. The van der Waals surface area contributed by atoms with E-state index in [0.29, 0.717) is 22.8 Å². The second-order valence-electron chi connectivity index (χ2n) is 11.1. The van der Waals surface area contributed by atoms with Crippen LogP contribution in [0.25, 0.3) is 22.0 Å². The van der Waals surface area contributed by atoms with E-state index < -0.39 is 0 Å². The zero-order chi connectivity index (χ0) is 28.3. The predicted octanol–water partition coefficient (Wildman–Crippen LogP) is 6.27. The SMILES string of the molecule is COc1c(N)cc(C(C)(C)C)cc1NC(=O)Nc1ccc(-c2cccc(CN3CCOCC3)n2)c2ccccc12. The van der Waals surface area contributed by atoms with Gasteiger partial charge in [-0.2, -0.15) is 0 Å². The van der Waals surface area contributed by atoms with Crippen LogP contribution >= 0.6 is 0 Å². The Balaban J connectivity index is 1.41. The molecule has 0 spiro atoms. The van der Waals surface area contributed by atoms with E-state index in [-0.39, 0.29) is 11.4 Å². The lowest BCUT2D eigenvalue weighted by Crippen LogP contribution is -2.35. The molecular formula is C32H37N5O3. The van der Waals surface area contributed by atoms with E-state index in [4.69, 9.17) is 20.2 Å². The largest absolute Gasteiger partial charge is 0.492 e. The first-order chi connectivity index (χ1) is 19.2. The molecule has 1 aliphatic rings. The number of ether oxygens (including phenoxy) is 2. The van der Waals surface area contributed by atoms with Gasteiger partial charge < -0.3 is 25.8 Å². The minimum absolute atomic E-state index is 0.146. The summed E-state index contributed by atoms with van der Waals surface area (Å²) in [5, 5.41) is 7.89. The number of carbonyl (C=O) groups is 1. The number of aromatic nitrogens is 1. The van der Waals surface area contributed by atoms with Crippen molar-refractivity contribution in [3.63, 3.8) is 0 Å². The second kappa shape index (κ2) is 11.5. The number of rotatable bonds is 6. The molecule has 0 bridgehead atoms. The van der Waals surface area contributed by atoms with Crippen LogP contribution in [0.3, 0.4) is 0 Å². The Morgan fingerprint density at radius 3 is 2.42 bits per heavy atom. The van der Waals surface area contributed by atoms with E-state index >= 15 is 0 Å². The van der Waals surface area contributed by atoms with Gasteiger partial charge in [0.2, 0.25) is 0 Å². The molecule has 1 aromatic heterocycles. The van der Waals surface area contributed by atoms with Gasteiger partial charge in [-0.1, -0.05) is 57.2 Å². The minimum atomic E-state index is -0.382. The van der Waals surface area contributed by atoms with E-state index in [0.717, 1.165) is 66.1 Å². The third-order valence-electron chi connectivity index (χ3n) is 7.18. The maximum atomic E-state index is 13.2. The van der Waals surface area contributed by atoms with Gasteiger partial charge in [0.15, 0.2) is 5.75 Å². The summed E-state index contributed by atoms with van der Waals surface area (Å²) < 4.78 is 11.0. The summed E-state index contributed by atoms with van der Waals surface area (Å²) in [4.78, 5) is 20.6. The quantitative estimate of drug-likeness (QED) is 0.250. The third kappa shape index (κ3) is 6.03. The van der Waals surface area contributed by atoms with Gasteiger partial charge in [-0.3, -0.25) is 9.88 Å². The third-order valence-corrected chi connectivity index (χ3v) is 7.18. The number of hydrogen-bond donors (Lipinski definition) is 3. The highest BCUT2D eigenvalue weighted by atomic mass is 16.5. The predicted molar refractivity (Wildman–Crippen MR) is 162 cm³/mol. The molecule has 1 fully saturated rings. The molecule has 2 amide bonds. The normalized spacial score (nSPS) is 14.2. The van der Waals surface area contributed by atoms with E-state index in [1.165, 1.54) is 0 Å². The van der Waals surface area contributed by atoms with Crippen molar-refractivity contribution in [2.45, 2.75) is 32.7 Å². The Morgan fingerprint density at radius 1 is 0.975 bits per heavy atom. The number of benzene rings is 3. The number of nitrogens with zero attached hydrogens (tertiary/aromatic N) is 2. The van der Waals surface area contributed by atoms with E-state index in [1.54, 1.807) is 7.11 Å². The van der Waals surface area contributed by atoms with E-state index in [1.807, 2.05) is 48.5 Å². The number of pyridine rings is 1. The van der Waals surface area contributed by atoms with Crippen LogP contribution in [0.1, 0.15) is 32.0 Å². The molecule has 8 nitrogen and oxygen atoms in total. The van der Waals surface area contributed by atoms with Crippen LogP contribution in [0, 0.1) is 0 Å². The minimum Gasteiger partial charge on any atom is -0.492 e. The van der Waals surface area contributed by atoms with Gasteiger partial charge >= 0.3 is 6.03 Å². The van der Waals surface area contributed by atoms with Crippen molar-refractivity contribution in [2.75, 3.05) is 49.8 Å². The molecule has 0 atom stereocenters. The van der Waals surface area contributed by atoms with Gasteiger partial charge in [-0.05, 0) is 46.7 Å². The zero-order valence-electron chi connectivity index (χ0n) is 23.6. The Morgan fingerprint density at radius 2 is 1.70 bits per heavy atom. The highest BCUT2D eigenvalue weighted by molar-refractivity contribution is 6.10. The Bertz CT molecular complexity index is 1520. The lowest BCUT2D eigenvalue weighted by atomic mass is 9.86. The Kier molecular flexibility index (Phi) is 7.91. The average molecular weight is 540 g/mol. The molecule has 0 saturated carbocycles. The first kappa shape index (κ1) is 27.4. The molecule has 0 radical (unpaired) electrons. The van der Waals surface area contributed by atoms with Crippen molar-refractivity contribution >= 4 is 33.9 Å². The maximum absolute atomic E-state index is 13.2. The molecule has 208 valence electrons. The molecule has 3 aromatic carbocycles. The number of hydrogen-bond acceptors (Lipinski definition) is 6. The summed E-state index contributed by atoms with van der Waals surface area (Å²) in [5.74, 6) is 0.436. The van der Waals surface area contributed by atoms with Crippen LogP contribution in [0.4, 0.5) is 21.9 Å². The number of anilines is 3. The van der Waals surface area contributed by atoms with Crippen molar-refractivity contribution in [3.8, 4) is 17.0 Å². The van der Waals surface area contributed by atoms with Crippen LogP contribution in [0.15, 0.2) is 66.7 Å². The average Bonchev–Trinajstić information content (AvgIpc) is 2.93. The van der Waals surface area contributed by atoms with Crippen LogP contribution < -0.4 is 21.1 Å². The van der Waals surface area contributed by atoms with Crippen molar-refractivity contribution < 1.29 is 14.3 Å². The Labute approximate surface area is 235 Å². The number of amides is 2. The van der Waals surface area contributed by atoms with Crippen molar-refractivity contribution in [1.29, 1.82) is 0 Å². The summed E-state index contributed by atoms with van der Waals surface area (Å²) in [5.41, 5.74) is 11.7. The van der Waals surface area contributed by atoms with Gasteiger partial charge in [0.25, 0.3) is 0 Å². The van der Waals surface area contributed by atoms with Crippen LogP contribution in [-0.4, -0.2) is 49.3 Å². The maximum Gasteiger partial charge on any atom is 0.323 e. The topological polar surface area (TPSA) is 102 Å².